The van der Waals surface area contributed by atoms with E-state index in [2.05, 4.69) is 26.2 Å². The zero-order valence-electron chi connectivity index (χ0n) is 7.55. The number of nitrogens with one attached hydrogen (secondary N) is 2. The van der Waals surface area contributed by atoms with Gasteiger partial charge in [0.05, 0.1) is 23.7 Å². The van der Waals surface area contributed by atoms with E-state index in [1.54, 1.807) is 6.20 Å². The van der Waals surface area contributed by atoms with Gasteiger partial charge < -0.3 is 15.0 Å². The Morgan fingerprint density at radius 1 is 1.57 bits per heavy atom. The van der Waals surface area contributed by atoms with Crippen LogP contribution < -0.4 is 10.9 Å². The molecule has 2 rings (SSSR count). The standard InChI is InChI=1S/C9H11BrN2O2/c10-7-3-6(4-12-9(7)13)8-5-14-2-1-11-8/h3-4,8,11H,1-2,5H2,(H,12,13). The van der Waals surface area contributed by atoms with Gasteiger partial charge in [0.25, 0.3) is 5.56 Å². The second-order valence-corrected chi connectivity index (χ2v) is 4.05. The fourth-order valence-corrected chi connectivity index (χ4v) is 1.83. The number of hydrogen-bond donors (Lipinski definition) is 2. The molecule has 76 valence electrons. The molecule has 4 nitrogen and oxygen atoms in total. The fourth-order valence-electron chi connectivity index (χ4n) is 1.45. The average Bonchev–Trinajstić information content (AvgIpc) is 2.23. The topological polar surface area (TPSA) is 54.1 Å². The smallest absolute Gasteiger partial charge is 0.262 e. The van der Waals surface area contributed by atoms with Gasteiger partial charge in [-0.3, -0.25) is 4.79 Å². The Kier molecular flexibility index (Phi) is 3.00. The van der Waals surface area contributed by atoms with E-state index in [0.29, 0.717) is 11.1 Å². The number of halogens is 1. The molecule has 0 bridgehead atoms. The maximum Gasteiger partial charge on any atom is 0.262 e. The average molecular weight is 259 g/mol. The SMILES string of the molecule is O=c1[nH]cc(C2COCCN2)cc1Br. The molecule has 0 saturated carbocycles. The maximum atomic E-state index is 11.1. The van der Waals surface area contributed by atoms with Gasteiger partial charge in [0.15, 0.2) is 0 Å². The lowest BCUT2D eigenvalue weighted by molar-refractivity contribution is 0.0767. The molecular formula is C9H11BrN2O2. The van der Waals surface area contributed by atoms with Crippen molar-refractivity contribution in [3.63, 3.8) is 0 Å². The van der Waals surface area contributed by atoms with Crippen molar-refractivity contribution in [2.45, 2.75) is 6.04 Å². The minimum absolute atomic E-state index is 0.106. The number of pyridine rings is 1. The van der Waals surface area contributed by atoms with Gasteiger partial charge in [-0.2, -0.15) is 0 Å². The highest BCUT2D eigenvalue weighted by atomic mass is 79.9. The zero-order chi connectivity index (χ0) is 9.97. The quantitative estimate of drug-likeness (QED) is 0.784. The van der Waals surface area contributed by atoms with Crippen LogP contribution in [0.15, 0.2) is 21.5 Å². The molecule has 2 heterocycles. The van der Waals surface area contributed by atoms with Crippen LogP contribution in [0.5, 0.6) is 0 Å². The van der Waals surface area contributed by atoms with Crippen molar-refractivity contribution in [2.75, 3.05) is 19.8 Å². The summed E-state index contributed by atoms with van der Waals surface area (Å²) in [7, 11) is 0. The summed E-state index contributed by atoms with van der Waals surface area (Å²) in [5.74, 6) is 0. The van der Waals surface area contributed by atoms with Crippen LogP contribution in [0.1, 0.15) is 11.6 Å². The molecule has 2 N–H and O–H groups in total. The van der Waals surface area contributed by atoms with E-state index in [4.69, 9.17) is 4.74 Å². The highest BCUT2D eigenvalue weighted by Crippen LogP contribution is 2.16. The molecule has 1 aliphatic heterocycles. The molecule has 1 aromatic rings. The van der Waals surface area contributed by atoms with E-state index in [-0.39, 0.29) is 11.6 Å². The third kappa shape index (κ3) is 2.05. The van der Waals surface area contributed by atoms with Crippen LogP contribution in [0.25, 0.3) is 0 Å². The van der Waals surface area contributed by atoms with Crippen molar-refractivity contribution in [1.82, 2.24) is 10.3 Å². The number of hydrogen-bond acceptors (Lipinski definition) is 3. The summed E-state index contributed by atoms with van der Waals surface area (Å²) < 4.78 is 5.89. The van der Waals surface area contributed by atoms with Gasteiger partial charge in [-0.1, -0.05) is 0 Å². The number of aromatic amines is 1. The molecule has 5 heteroatoms. The summed E-state index contributed by atoms with van der Waals surface area (Å²) in [6.45, 7) is 2.25. The van der Waals surface area contributed by atoms with Crippen LogP contribution in [0.2, 0.25) is 0 Å². The van der Waals surface area contributed by atoms with Gasteiger partial charge in [-0.15, -0.1) is 0 Å². The van der Waals surface area contributed by atoms with E-state index in [0.717, 1.165) is 18.7 Å². The number of morpholine rings is 1. The lowest BCUT2D eigenvalue weighted by Crippen LogP contribution is -2.34. The van der Waals surface area contributed by atoms with Crippen molar-refractivity contribution in [3.8, 4) is 0 Å². The summed E-state index contributed by atoms with van der Waals surface area (Å²) in [4.78, 5) is 13.8. The van der Waals surface area contributed by atoms with Crippen LogP contribution in [0.4, 0.5) is 0 Å². The van der Waals surface area contributed by atoms with Crippen LogP contribution in [0, 0.1) is 0 Å². The Labute approximate surface area is 89.8 Å². The minimum Gasteiger partial charge on any atom is -0.378 e. The summed E-state index contributed by atoms with van der Waals surface area (Å²) in [6.07, 6.45) is 1.72. The van der Waals surface area contributed by atoms with Gasteiger partial charge >= 0.3 is 0 Å². The molecule has 0 aliphatic carbocycles. The van der Waals surface area contributed by atoms with Gasteiger partial charge in [0.2, 0.25) is 0 Å². The molecule has 0 aromatic carbocycles. The molecule has 1 aromatic heterocycles. The van der Waals surface area contributed by atoms with Crippen LogP contribution in [-0.2, 0) is 4.74 Å². The molecular weight excluding hydrogens is 248 g/mol. The summed E-state index contributed by atoms with van der Waals surface area (Å²) in [5, 5.41) is 3.31. The highest BCUT2D eigenvalue weighted by molar-refractivity contribution is 9.10. The minimum atomic E-state index is -0.106. The molecule has 1 atom stereocenters. The summed E-state index contributed by atoms with van der Waals surface area (Å²) in [6, 6.07) is 2.00. The van der Waals surface area contributed by atoms with E-state index >= 15 is 0 Å². The predicted molar refractivity (Wildman–Crippen MR) is 56.3 cm³/mol. The second-order valence-electron chi connectivity index (χ2n) is 3.19. The van der Waals surface area contributed by atoms with Gasteiger partial charge in [-0.05, 0) is 27.6 Å². The fraction of sp³-hybridized carbons (Fsp3) is 0.444. The third-order valence-electron chi connectivity index (χ3n) is 2.20. The molecule has 1 unspecified atom stereocenters. The largest absolute Gasteiger partial charge is 0.378 e. The van der Waals surface area contributed by atoms with Gasteiger partial charge in [-0.25, -0.2) is 0 Å². The van der Waals surface area contributed by atoms with Crippen molar-refractivity contribution >= 4 is 15.9 Å². The molecule has 1 saturated heterocycles. The molecule has 0 amide bonds. The Bertz CT molecular complexity index is 371. The van der Waals surface area contributed by atoms with E-state index in [9.17, 15) is 4.79 Å². The molecule has 14 heavy (non-hydrogen) atoms. The van der Waals surface area contributed by atoms with Crippen molar-refractivity contribution in [1.29, 1.82) is 0 Å². The number of H-pyrrole nitrogens is 1. The Balaban J connectivity index is 2.22. The summed E-state index contributed by atoms with van der Waals surface area (Å²) in [5.41, 5.74) is 0.932. The molecule has 1 aliphatic rings. The van der Waals surface area contributed by atoms with E-state index in [1.165, 1.54) is 0 Å². The van der Waals surface area contributed by atoms with Crippen molar-refractivity contribution < 1.29 is 4.74 Å². The summed E-state index contributed by atoms with van der Waals surface area (Å²) >= 11 is 3.20. The Morgan fingerprint density at radius 3 is 3.07 bits per heavy atom. The number of ether oxygens (including phenoxy) is 1. The highest BCUT2D eigenvalue weighted by Gasteiger charge is 2.15. The Hall–Kier alpha value is -0.650. The van der Waals surface area contributed by atoms with E-state index in [1.807, 2.05) is 6.07 Å². The van der Waals surface area contributed by atoms with E-state index < -0.39 is 0 Å². The first kappa shape index (κ1) is 9.89. The van der Waals surface area contributed by atoms with Gasteiger partial charge in [0, 0.05) is 12.7 Å². The number of rotatable bonds is 1. The lowest BCUT2D eigenvalue weighted by atomic mass is 10.1. The van der Waals surface area contributed by atoms with Crippen LogP contribution in [0.3, 0.4) is 0 Å². The van der Waals surface area contributed by atoms with Crippen LogP contribution >= 0.6 is 15.9 Å². The first-order chi connectivity index (χ1) is 6.77. The first-order valence-electron chi connectivity index (χ1n) is 4.46. The second kappa shape index (κ2) is 4.25. The number of aromatic nitrogens is 1. The van der Waals surface area contributed by atoms with Crippen LogP contribution in [-0.4, -0.2) is 24.7 Å². The third-order valence-corrected chi connectivity index (χ3v) is 2.79. The molecule has 1 fully saturated rings. The molecule has 0 radical (unpaired) electrons. The maximum absolute atomic E-state index is 11.1. The zero-order valence-corrected chi connectivity index (χ0v) is 9.13. The Morgan fingerprint density at radius 2 is 2.43 bits per heavy atom. The first-order valence-corrected chi connectivity index (χ1v) is 5.26. The lowest BCUT2D eigenvalue weighted by Gasteiger charge is -2.23. The normalized spacial score (nSPS) is 22.2. The van der Waals surface area contributed by atoms with Crippen molar-refractivity contribution in [3.05, 3.63) is 32.7 Å². The van der Waals surface area contributed by atoms with Crippen molar-refractivity contribution in [2.24, 2.45) is 0 Å². The van der Waals surface area contributed by atoms with Gasteiger partial charge in [0.1, 0.15) is 0 Å². The molecule has 0 spiro atoms. The predicted octanol–water partition coefficient (Wildman–Crippen LogP) is 0.798. The monoisotopic (exact) mass is 258 g/mol.